The number of benzene rings is 1. The highest BCUT2D eigenvalue weighted by Gasteiger charge is 2.27. The largest absolute Gasteiger partial charge is 0.365 e. The fourth-order valence-corrected chi connectivity index (χ4v) is 4.55. The van der Waals surface area contributed by atoms with Gasteiger partial charge in [0.25, 0.3) is 5.91 Å². The first-order valence-electron chi connectivity index (χ1n) is 11.7. The van der Waals surface area contributed by atoms with Crippen LogP contribution in [0.15, 0.2) is 42.6 Å². The van der Waals surface area contributed by atoms with E-state index >= 15 is 0 Å². The third kappa shape index (κ3) is 4.96. The van der Waals surface area contributed by atoms with Gasteiger partial charge in [-0.3, -0.25) is 9.20 Å². The molecule has 6 nitrogen and oxygen atoms in total. The van der Waals surface area contributed by atoms with E-state index in [0.717, 1.165) is 35.5 Å². The van der Waals surface area contributed by atoms with Crippen molar-refractivity contribution in [2.24, 2.45) is 5.73 Å². The number of hydrogen-bond donors (Lipinski definition) is 3. The Morgan fingerprint density at radius 1 is 1.12 bits per heavy atom. The minimum Gasteiger partial charge on any atom is -0.365 e. The number of aromatic nitrogens is 2. The third-order valence-electron chi connectivity index (χ3n) is 6.09. The van der Waals surface area contributed by atoms with Gasteiger partial charge in [0, 0.05) is 30.7 Å². The Kier molecular flexibility index (Phi) is 6.51. The Hall–Kier alpha value is -2.86. The Morgan fingerprint density at radius 3 is 2.59 bits per heavy atom. The predicted octanol–water partition coefficient (Wildman–Crippen LogP) is 4.98. The van der Waals surface area contributed by atoms with Gasteiger partial charge in [-0.1, -0.05) is 43.5 Å². The molecule has 0 unspecified atom stereocenters. The van der Waals surface area contributed by atoms with Crippen molar-refractivity contribution >= 4 is 17.4 Å². The molecule has 1 saturated carbocycles. The summed E-state index contributed by atoms with van der Waals surface area (Å²) in [6, 6.07) is 11.8. The van der Waals surface area contributed by atoms with Gasteiger partial charge in [-0.05, 0) is 56.9 Å². The number of amides is 1. The van der Waals surface area contributed by atoms with E-state index < -0.39 is 0 Å². The SMILES string of the molecule is CC(C)(C)Nc1c(C2CCCCC2)nc2c(C(=O)NCc3cccc(CN)c3)cccn12. The van der Waals surface area contributed by atoms with Gasteiger partial charge in [0.1, 0.15) is 5.82 Å². The van der Waals surface area contributed by atoms with E-state index in [4.69, 9.17) is 10.7 Å². The number of fused-ring (bicyclic) bond motifs is 1. The van der Waals surface area contributed by atoms with Crippen molar-refractivity contribution in [1.82, 2.24) is 14.7 Å². The molecule has 1 fully saturated rings. The second kappa shape index (κ2) is 9.33. The maximum absolute atomic E-state index is 13.2. The topological polar surface area (TPSA) is 84.5 Å². The van der Waals surface area contributed by atoms with Crippen LogP contribution in [0.25, 0.3) is 5.65 Å². The first kappa shape index (κ1) is 22.3. The van der Waals surface area contributed by atoms with Crippen molar-refractivity contribution in [1.29, 1.82) is 0 Å². The molecule has 0 radical (unpaired) electrons. The van der Waals surface area contributed by atoms with Crippen molar-refractivity contribution in [2.45, 2.75) is 77.4 Å². The Labute approximate surface area is 190 Å². The Morgan fingerprint density at radius 2 is 1.88 bits per heavy atom. The first-order chi connectivity index (χ1) is 15.4. The lowest BCUT2D eigenvalue weighted by Gasteiger charge is -2.26. The van der Waals surface area contributed by atoms with Crippen LogP contribution in [0, 0.1) is 0 Å². The molecule has 0 atom stereocenters. The molecule has 2 heterocycles. The molecule has 1 aliphatic carbocycles. The second-order valence-corrected chi connectivity index (χ2v) is 9.88. The fourth-order valence-electron chi connectivity index (χ4n) is 4.55. The number of anilines is 1. The predicted molar refractivity (Wildman–Crippen MR) is 130 cm³/mol. The van der Waals surface area contributed by atoms with Gasteiger partial charge in [-0.25, -0.2) is 4.98 Å². The molecule has 170 valence electrons. The maximum Gasteiger partial charge on any atom is 0.255 e. The van der Waals surface area contributed by atoms with E-state index in [1.54, 1.807) is 0 Å². The summed E-state index contributed by atoms with van der Waals surface area (Å²) in [6.07, 6.45) is 8.09. The number of nitrogens with zero attached hydrogens (tertiary/aromatic N) is 2. The van der Waals surface area contributed by atoms with Crippen LogP contribution >= 0.6 is 0 Å². The van der Waals surface area contributed by atoms with E-state index in [0.29, 0.717) is 30.2 Å². The molecule has 0 bridgehead atoms. The molecule has 32 heavy (non-hydrogen) atoms. The normalized spacial score (nSPS) is 15.1. The first-order valence-corrected chi connectivity index (χ1v) is 11.7. The lowest BCUT2D eigenvalue weighted by Crippen LogP contribution is -2.28. The summed E-state index contributed by atoms with van der Waals surface area (Å²) < 4.78 is 2.05. The van der Waals surface area contributed by atoms with Crippen LogP contribution in [0.5, 0.6) is 0 Å². The lowest BCUT2D eigenvalue weighted by atomic mass is 9.87. The summed E-state index contributed by atoms with van der Waals surface area (Å²) >= 11 is 0. The monoisotopic (exact) mass is 433 g/mol. The van der Waals surface area contributed by atoms with Crippen LogP contribution in [0.3, 0.4) is 0 Å². The highest BCUT2D eigenvalue weighted by atomic mass is 16.1. The summed E-state index contributed by atoms with van der Waals surface area (Å²) in [6.45, 7) is 7.41. The number of pyridine rings is 1. The zero-order valence-corrected chi connectivity index (χ0v) is 19.4. The summed E-state index contributed by atoms with van der Waals surface area (Å²) in [5, 5.41) is 6.73. The fraction of sp³-hybridized carbons (Fsp3) is 0.462. The van der Waals surface area contributed by atoms with E-state index in [9.17, 15) is 4.79 Å². The van der Waals surface area contributed by atoms with E-state index in [1.165, 1.54) is 19.3 Å². The molecule has 2 aromatic heterocycles. The van der Waals surface area contributed by atoms with Crippen LogP contribution in [0.4, 0.5) is 5.82 Å². The quantitative estimate of drug-likeness (QED) is 0.512. The van der Waals surface area contributed by atoms with Crippen molar-refractivity contribution in [2.75, 3.05) is 5.32 Å². The number of nitrogens with two attached hydrogens (primary N) is 1. The standard InChI is InChI=1S/C26H35N5O/c1-26(2,3)30-24-22(20-11-5-4-6-12-20)29-23-21(13-8-14-31(23)24)25(32)28-17-19-10-7-9-18(15-19)16-27/h7-10,13-15,20,30H,4-6,11-12,16-17,27H2,1-3H3,(H,28,32). The smallest absolute Gasteiger partial charge is 0.255 e. The Bertz CT molecular complexity index is 1090. The molecule has 0 spiro atoms. The number of carbonyl (C=O) groups excluding carboxylic acids is 1. The molecule has 4 N–H and O–H groups in total. The molecule has 1 aromatic carbocycles. The third-order valence-corrected chi connectivity index (χ3v) is 6.09. The van der Waals surface area contributed by atoms with Crippen molar-refractivity contribution in [3.8, 4) is 0 Å². The molecule has 0 saturated heterocycles. The van der Waals surface area contributed by atoms with Crippen LogP contribution in [0.2, 0.25) is 0 Å². The highest BCUT2D eigenvalue weighted by molar-refractivity contribution is 6.00. The number of carbonyl (C=O) groups is 1. The van der Waals surface area contributed by atoms with E-state index in [-0.39, 0.29) is 11.4 Å². The van der Waals surface area contributed by atoms with Gasteiger partial charge < -0.3 is 16.4 Å². The van der Waals surface area contributed by atoms with Crippen LogP contribution in [-0.4, -0.2) is 20.8 Å². The maximum atomic E-state index is 13.2. The minimum absolute atomic E-state index is 0.106. The van der Waals surface area contributed by atoms with Crippen LogP contribution in [-0.2, 0) is 13.1 Å². The summed E-state index contributed by atoms with van der Waals surface area (Å²) in [5.41, 5.74) is 10.1. The van der Waals surface area contributed by atoms with Crippen molar-refractivity contribution < 1.29 is 4.79 Å². The van der Waals surface area contributed by atoms with Crippen LogP contribution < -0.4 is 16.4 Å². The average Bonchev–Trinajstić information content (AvgIpc) is 3.15. The Balaban J connectivity index is 1.66. The highest BCUT2D eigenvalue weighted by Crippen LogP contribution is 2.37. The van der Waals surface area contributed by atoms with Gasteiger partial charge in [-0.15, -0.1) is 0 Å². The minimum atomic E-state index is -0.115. The second-order valence-electron chi connectivity index (χ2n) is 9.88. The number of imidazole rings is 1. The zero-order valence-electron chi connectivity index (χ0n) is 19.4. The number of rotatable bonds is 6. The molecule has 1 aliphatic rings. The summed E-state index contributed by atoms with van der Waals surface area (Å²) in [5.74, 6) is 1.34. The van der Waals surface area contributed by atoms with E-state index in [2.05, 4.69) is 35.8 Å². The van der Waals surface area contributed by atoms with Gasteiger partial charge >= 0.3 is 0 Å². The van der Waals surface area contributed by atoms with Crippen molar-refractivity contribution in [3.63, 3.8) is 0 Å². The molecule has 0 aliphatic heterocycles. The molecular weight excluding hydrogens is 398 g/mol. The van der Waals surface area contributed by atoms with Crippen molar-refractivity contribution in [3.05, 3.63) is 65.0 Å². The summed E-state index contributed by atoms with van der Waals surface area (Å²) in [4.78, 5) is 18.2. The molecule has 6 heteroatoms. The average molecular weight is 434 g/mol. The summed E-state index contributed by atoms with van der Waals surface area (Å²) in [7, 11) is 0. The zero-order chi connectivity index (χ0) is 22.7. The lowest BCUT2D eigenvalue weighted by molar-refractivity contribution is 0.0952. The van der Waals surface area contributed by atoms with Gasteiger partial charge in [0.15, 0.2) is 5.65 Å². The van der Waals surface area contributed by atoms with Crippen LogP contribution in [0.1, 0.15) is 86.0 Å². The van der Waals surface area contributed by atoms with Gasteiger partial charge in [0.2, 0.25) is 0 Å². The molecular formula is C26H35N5O. The molecule has 4 rings (SSSR count). The van der Waals surface area contributed by atoms with Gasteiger partial charge in [0.05, 0.1) is 11.3 Å². The van der Waals surface area contributed by atoms with Gasteiger partial charge in [-0.2, -0.15) is 0 Å². The number of nitrogens with one attached hydrogen (secondary N) is 2. The molecule has 3 aromatic rings. The number of hydrogen-bond acceptors (Lipinski definition) is 4. The van der Waals surface area contributed by atoms with E-state index in [1.807, 2.05) is 42.6 Å². The molecule has 1 amide bonds.